The number of halogens is 1. The molecule has 0 radical (unpaired) electrons. The summed E-state index contributed by atoms with van der Waals surface area (Å²) in [6.45, 7) is 0. The first-order valence-corrected chi connectivity index (χ1v) is 6.96. The van der Waals surface area contributed by atoms with Gasteiger partial charge < -0.3 is 11.1 Å². The maximum absolute atomic E-state index is 12.2. The van der Waals surface area contributed by atoms with Crippen molar-refractivity contribution >= 4 is 35.2 Å². The van der Waals surface area contributed by atoms with Crippen LogP contribution in [0.3, 0.4) is 0 Å². The molecular formula is C17H12ClN3O2. The molecule has 114 valence electrons. The standard InChI is InChI=1S/C17H12ClN3O2/c18-13-7-5-11(6-8-13)9-12(10-19)17(23)21-15-4-2-1-3-14(15)16(20)22/h1-9H,(H2,20,22)(H,21,23). The summed E-state index contributed by atoms with van der Waals surface area (Å²) in [7, 11) is 0. The van der Waals surface area contributed by atoms with Crippen LogP contribution in [0.2, 0.25) is 5.02 Å². The Morgan fingerprint density at radius 2 is 1.78 bits per heavy atom. The highest BCUT2D eigenvalue weighted by Gasteiger charge is 2.13. The van der Waals surface area contributed by atoms with Crippen LogP contribution in [0.25, 0.3) is 6.08 Å². The zero-order valence-electron chi connectivity index (χ0n) is 11.9. The molecule has 2 rings (SSSR count). The van der Waals surface area contributed by atoms with E-state index in [0.717, 1.165) is 0 Å². The number of para-hydroxylation sites is 1. The minimum absolute atomic E-state index is 0.105. The topological polar surface area (TPSA) is 96.0 Å². The Bertz CT molecular complexity index is 820. The molecule has 0 heterocycles. The van der Waals surface area contributed by atoms with Crippen molar-refractivity contribution < 1.29 is 9.59 Å². The van der Waals surface area contributed by atoms with Crippen molar-refractivity contribution in [3.63, 3.8) is 0 Å². The second kappa shape index (κ2) is 7.25. The van der Waals surface area contributed by atoms with Crippen molar-refractivity contribution in [3.05, 3.63) is 70.3 Å². The van der Waals surface area contributed by atoms with Crippen molar-refractivity contribution in [1.29, 1.82) is 5.26 Å². The van der Waals surface area contributed by atoms with Gasteiger partial charge in [0.1, 0.15) is 11.6 Å². The molecule has 0 saturated carbocycles. The first-order valence-electron chi connectivity index (χ1n) is 6.59. The fourth-order valence-electron chi connectivity index (χ4n) is 1.87. The van der Waals surface area contributed by atoms with Crippen LogP contribution in [0, 0.1) is 11.3 Å². The van der Waals surface area contributed by atoms with Crippen LogP contribution >= 0.6 is 11.6 Å². The number of carbonyl (C=O) groups is 2. The molecule has 6 heteroatoms. The molecule has 5 nitrogen and oxygen atoms in total. The van der Waals surface area contributed by atoms with E-state index in [1.54, 1.807) is 36.4 Å². The van der Waals surface area contributed by atoms with Gasteiger partial charge in [0.25, 0.3) is 11.8 Å². The Labute approximate surface area is 138 Å². The zero-order valence-corrected chi connectivity index (χ0v) is 12.7. The number of nitrogens with two attached hydrogens (primary N) is 1. The van der Waals surface area contributed by atoms with E-state index in [2.05, 4.69) is 5.32 Å². The molecule has 0 aromatic heterocycles. The minimum Gasteiger partial charge on any atom is -0.366 e. The minimum atomic E-state index is -0.666. The third-order valence-corrected chi connectivity index (χ3v) is 3.24. The number of nitrogens with one attached hydrogen (secondary N) is 1. The SMILES string of the molecule is N#CC(=Cc1ccc(Cl)cc1)C(=O)Nc1ccccc1C(N)=O. The summed E-state index contributed by atoms with van der Waals surface area (Å²) in [4.78, 5) is 23.6. The number of rotatable bonds is 4. The number of amides is 2. The molecule has 0 saturated heterocycles. The van der Waals surface area contributed by atoms with Crippen LogP contribution in [-0.2, 0) is 4.79 Å². The summed E-state index contributed by atoms with van der Waals surface area (Å²) < 4.78 is 0. The van der Waals surface area contributed by atoms with Crippen molar-refractivity contribution in [3.8, 4) is 6.07 Å². The number of benzene rings is 2. The summed E-state index contributed by atoms with van der Waals surface area (Å²) in [5, 5.41) is 12.2. The number of anilines is 1. The number of carbonyl (C=O) groups excluding carboxylic acids is 2. The predicted octanol–water partition coefficient (Wildman–Crippen LogP) is 2.98. The smallest absolute Gasteiger partial charge is 0.266 e. The molecule has 0 fully saturated rings. The van der Waals surface area contributed by atoms with Crippen molar-refractivity contribution in [1.82, 2.24) is 0 Å². The van der Waals surface area contributed by atoms with Gasteiger partial charge in [-0.15, -0.1) is 0 Å². The van der Waals surface area contributed by atoms with Crippen LogP contribution < -0.4 is 11.1 Å². The normalized spacial score (nSPS) is 10.7. The molecule has 0 atom stereocenters. The van der Waals surface area contributed by atoms with Crippen LogP contribution in [0.5, 0.6) is 0 Å². The van der Waals surface area contributed by atoms with E-state index in [9.17, 15) is 14.9 Å². The molecule has 0 aliphatic rings. The molecule has 0 aliphatic heterocycles. The fourth-order valence-corrected chi connectivity index (χ4v) is 2.00. The summed E-state index contributed by atoms with van der Waals surface area (Å²) in [6.07, 6.45) is 1.43. The van der Waals surface area contributed by atoms with Crippen LogP contribution in [0.15, 0.2) is 54.1 Å². The van der Waals surface area contributed by atoms with E-state index in [1.165, 1.54) is 18.2 Å². The number of hydrogen-bond acceptors (Lipinski definition) is 3. The predicted molar refractivity (Wildman–Crippen MR) is 88.6 cm³/mol. The van der Waals surface area contributed by atoms with E-state index in [1.807, 2.05) is 6.07 Å². The first kappa shape index (κ1) is 16.3. The van der Waals surface area contributed by atoms with E-state index in [4.69, 9.17) is 17.3 Å². The lowest BCUT2D eigenvalue weighted by Crippen LogP contribution is -2.19. The van der Waals surface area contributed by atoms with Gasteiger partial charge in [0.2, 0.25) is 0 Å². The van der Waals surface area contributed by atoms with Gasteiger partial charge in [0, 0.05) is 5.02 Å². The number of nitriles is 1. The van der Waals surface area contributed by atoms with Gasteiger partial charge in [-0.3, -0.25) is 9.59 Å². The van der Waals surface area contributed by atoms with Gasteiger partial charge in [-0.1, -0.05) is 35.9 Å². The summed E-state index contributed by atoms with van der Waals surface area (Å²) >= 11 is 5.79. The Kier molecular flexibility index (Phi) is 5.13. The zero-order chi connectivity index (χ0) is 16.8. The monoisotopic (exact) mass is 325 g/mol. The van der Waals surface area contributed by atoms with Gasteiger partial charge in [0.05, 0.1) is 11.3 Å². The van der Waals surface area contributed by atoms with Gasteiger partial charge in [-0.05, 0) is 35.9 Å². The summed E-state index contributed by atoms with van der Waals surface area (Å²) in [5.74, 6) is -1.29. The van der Waals surface area contributed by atoms with Crippen molar-refractivity contribution in [2.75, 3.05) is 5.32 Å². The number of primary amides is 1. The lowest BCUT2D eigenvalue weighted by atomic mass is 10.1. The number of hydrogen-bond donors (Lipinski definition) is 2. The number of nitrogens with zero attached hydrogens (tertiary/aromatic N) is 1. The Balaban J connectivity index is 2.27. The van der Waals surface area contributed by atoms with E-state index >= 15 is 0 Å². The molecule has 0 bridgehead atoms. The quantitative estimate of drug-likeness (QED) is 0.668. The third-order valence-electron chi connectivity index (χ3n) is 2.99. The van der Waals surface area contributed by atoms with Gasteiger partial charge in [-0.25, -0.2) is 0 Å². The van der Waals surface area contributed by atoms with Crippen LogP contribution in [0.1, 0.15) is 15.9 Å². The van der Waals surface area contributed by atoms with E-state index in [0.29, 0.717) is 10.6 Å². The molecule has 23 heavy (non-hydrogen) atoms. The highest BCUT2D eigenvalue weighted by atomic mass is 35.5. The Morgan fingerprint density at radius 3 is 2.39 bits per heavy atom. The average molecular weight is 326 g/mol. The van der Waals surface area contributed by atoms with E-state index in [-0.39, 0.29) is 16.8 Å². The molecule has 0 aliphatic carbocycles. The molecule has 2 aromatic carbocycles. The second-order valence-corrected chi connectivity index (χ2v) is 5.02. The van der Waals surface area contributed by atoms with Crippen molar-refractivity contribution in [2.24, 2.45) is 5.73 Å². The molecule has 3 N–H and O–H groups in total. The fraction of sp³-hybridized carbons (Fsp3) is 0. The highest BCUT2D eigenvalue weighted by Crippen LogP contribution is 2.17. The first-order chi connectivity index (χ1) is 11.0. The van der Waals surface area contributed by atoms with Gasteiger partial charge >= 0.3 is 0 Å². The maximum atomic E-state index is 12.2. The average Bonchev–Trinajstić information content (AvgIpc) is 2.54. The molecular weight excluding hydrogens is 314 g/mol. The lowest BCUT2D eigenvalue weighted by molar-refractivity contribution is -0.112. The van der Waals surface area contributed by atoms with Crippen LogP contribution in [-0.4, -0.2) is 11.8 Å². The highest BCUT2D eigenvalue weighted by molar-refractivity contribution is 6.30. The van der Waals surface area contributed by atoms with Gasteiger partial charge in [0.15, 0.2) is 0 Å². The second-order valence-electron chi connectivity index (χ2n) is 4.59. The van der Waals surface area contributed by atoms with Crippen molar-refractivity contribution in [2.45, 2.75) is 0 Å². The van der Waals surface area contributed by atoms with E-state index < -0.39 is 11.8 Å². The molecule has 2 aromatic rings. The lowest BCUT2D eigenvalue weighted by Gasteiger charge is -2.08. The molecule has 2 amide bonds. The molecule has 0 spiro atoms. The summed E-state index contributed by atoms with van der Waals surface area (Å²) in [6, 6.07) is 14.8. The summed E-state index contributed by atoms with van der Waals surface area (Å²) in [5.41, 5.74) is 6.23. The van der Waals surface area contributed by atoms with Gasteiger partial charge in [-0.2, -0.15) is 5.26 Å². The van der Waals surface area contributed by atoms with Crippen LogP contribution in [0.4, 0.5) is 5.69 Å². The maximum Gasteiger partial charge on any atom is 0.266 e. The third kappa shape index (κ3) is 4.19. The Morgan fingerprint density at radius 1 is 1.13 bits per heavy atom. The molecule has 0 unspecified atom stereocenters. The largest absolute Gasteiger partial charge is 0.366 e. The Hall–Kier alpha value is -3.10.